The Hall–Kier alpha value is -3.26. The Kier molecular flexibility index (Phi) is 6.04. The molecule has 0 atom stereocenters. The van der Waals surface area contributed by atoms with Crippen molar-refractivity contribution in [2.45, 2.75) is 25.0 Å². The van der Waals surface area contributed by atoms with Crippen LogP contribution in [0.1, 0.15) is 22.4 Å². The minimum atomic E-state index is -0.172. The quantitative estimate of drug-likeness (QED) is 0.448. The minimum absolute atomic E-state index is 0.147. The van der Waals surface area contributed by atoms with Crippen LogP contribution in [0.25, 0.3) is 0 Å². The van der Waals surface area contributed by atoms with Crippen molar-refractivity contribution in [1.82, 2.24) is 15.3 Å². The highest BCUT2D eigenvalue weighted by Gasteiger charge is 2.14. The Balaban J connectivity index is 1.32. The van der Waals surface area contributed by atoms with E-state index in [9.17, 15) is 9.59 Å². The molecule has 0 fully saturated rings. The lowest BCUT2D eigenvalue weighted by Crippen LogP contribution is -2.25. The summed E-state index contributed by atoms with van der Waals surface area (Å²) in [5.41, 5.74) is 3.11. The number of rotatable bonds is 7. The molecule has 154 valence electrons. The minimum Gasteiger partial charge on any atom is -0.454 e. The third kappa shape index (κ3) is 4.83. The number of fused-ring (bicyclic) bond motifs is 1. The van der Waals surface area contributed by atoms with Gasteiger partial charge in [-0.1, -0.05) is 48.2 Å². The predicted octanol–water partition coefficient (Wildman–Crippen LogP) is 2.81. The van der Waals surface area contributed by atoms with E-state index in [1.165, 1.54) is 11.8 Å². The van der Waals surface area contributed by atoms with E-state index in [0.29, 0.717) is 40.9 Å². The Labute approximate surface area is 177 Å². The van der Waals surface area contributed by atoms with Gasteiger partial charge in [0.25, 0.3) is 5.56 Å². The summed E-state index contributed by atoms with van der Waals surface area (Å²) in [6.45, 7) is 2.42. The highest BCUT2D eigenvalue weighted by atomic mass is 32.2. The maximum atomic E-state index is 12.5. The lowest BCUT2D eigenvalue weighted by molar-refractivity contribution is -0.118. The summed E-state index contributed by atoms with van der Waals surface area (Å²) >= 11 is 1.20. The molecule has 0 unspecified atom stereocenters. The SMILES string of the molecule is Cc1nc(SCC(=O)NCc2ccc3c(c2)OCO3)[nH]c(=O)c1Cc1ccccc1. The first-order valence-corrected chi connectivity index (χ1v) is 10.5. The normalized spacial score (nSPS) is 12.0. The van der Waals surface area contributed by atoms with E-state index < -0.39 is 0 Å². The van der Waals surface area contributed by atoms with Gasteiger partial charge in [0.2, 0.25) is 12.7 Å². The van der Waals surface area contributed by atoms with Gasteiger partial charge in [-0.25, -0.2) is 4.98 Å². The first-order chi connectivity index (χ1) is 14.6. The van der Waals surface area contributed by atoms with Crippen LogP contribution in [0.2, 0.25) is 0 Å². The number of aromatic nitrogens is 2. The molecule has 7 nitrogen and oxygen atoms in total. The van der Waals surface area contributed by atoms with Gasteiger partial charge < -0.3 is 19.8 Å². The van der Waals surface area contributed by atoms with Gasteiger partial charge in [-0.05, 0) is 30.2 Å². The Morgan fingerprint density at radius 2 is 1.93 bits per heavy atom. The standard InChI is InChI=1S/C22H21N3O4S/c1-14-17(9-15-5-3-2-4-6-15)21(27)25-22(24-14)30-12-20(26)23-11-16-7-8-18-19(10-16)29-13-28-18/h2-8,10H,9,11-13H2,1H3,(H,23,26)(H,24,25,27). The molecule has 2 N–H and O–H groups in total. The molecule has 2 heterocycles. The average Bonchev–Trinajstić information content (AvgIpc) is 3.22. The van der Waals surface area contributed by atoms with E-state index in [-0.39, 0.29) is 24.0 Å². The van der Waals surface area contributed by atoms with Crippen LogP contribution in [0.5, 0.6) is 11.5 Å². The number of aryl methyl sites for hydroxylation is 1. The molecule has 0 aliphatic carbocycles. The van der Waals surface area contributed by atoms with E-state index in [1.54, 1.807) is 0 Å². The summed E-state index contributed by atoms with van der Waals surface area (Å²) in [6, 6.07) is 15.3. The summed E-state index contributed by atoms with van der Waals surface area (Å²) in [5.74, 6) is 1.40. The fourth-order valence-electron chi connectivity index (χ4n) is 3.10. The molecule has 0 saturated heterocycles. The van der Waals surface area contributed by atoms with Crippen LogP contribution >= 0.6 is 11.8 Å². The summed E-state index contributed by atoms with van der Waals surface area (Å²) < 4.78 is 10.6. The van der Waals surface area contributed by atoms with Crippen molar-refractivity contribution < 1.29 is 14.3 Å². The Morgan fingerprint density at radius 3 is 2.73 bits per heavy atom. The van der Waals surface area contributed by atoms with Crippen molar-refractivity contribution in [3.8, 4) is 11.5 Å². The topological polar surface area (TPSA) is 93.3 Å². The first-order valence-electron chi connectivity index (χ1n) is 9.50. The lowest BCUT2D eigenvalue weighted by Gasteiger charge is -2.08. The van der Waals surface area contributed by atoms with Gasteiger partial charge in [-0.2, -0.15) is 0 Å². The van der Waals surface area contributed by atoms with Crippen LogP contribution in [0.4, 0.5) is 0 Å². The third-order valence-electron chi connectivity index (χ3n) is 4.69. The zero-order valence-corrected chi connectivity index (χ0v) is 17.3. The second-order valence-corrected chi connectivity index (χ2v) is 7.81. The molecule has 1 aromatic heterocycles. The van der Waals surface area contributed by atoms with Gasteiger partial charge in [-0.15, -0.1) is 0 Å². The molecule has 1 aliphatic heterocycles. The van der Waals surface area contributed by atoms with Crippen LogP contribution in [0.15, 0.2) is 58.5 Å². The maximum Gasteiger partial charge on any atom is 0.255 e. The number of carbonyl (C=O) groups excluding carboxylic acids is 1. The van der Waals surface area contributed by atoms with Crippen molar-refractivity contribution in [3.63, 3.8) is 0 Å². The van der Waals surface area contributed by atoms with Crippen molar-refractivity contribution in [3.05, 3.63) is 81.3 Å². The molecule has 0 radical (unpaired) electrons. The fourth-order valence-corrected chi connectivity index (χ4v) is 3.83. The van der Waals surface area contributed by atoms with Gasteiger partial charge >= 0.3 is 0 Å². The summed E-state index contributed by atoms with van der Waals surface area (Å²) in [4.78, 5) is 31.9. The van der Waals surface area contributed by atoms with E-state index in [0.717, 1.165) is 11.1 Å². The Morgan fingerprint density at radius 1 is 1.13 bits per heavy atom. The number of hydrogen-bond acceptors (Lipinski definition) is 6. The summed E-state index contributed by atoms with van der Waals surface area (Å²) in [6.07, 6.45) is 0.524. The van der Waals surface area contributed by atoms with Crippen LogP contribution in [0.3, 0.4) is 0 Å². The van der Waals surface area contributed by atoms with Crippen LogP contribution in [-0.2, 0) is 17.8 Å². The lowest BCUT2D eigenvalue weighted by atomic mass is 10.1. The number of benzene rings is 2. The monoisotopic (exact) mass is 423 g/mol. The van der Waals surface area contributed by atoms with E-state index in [2.05, 4.69) is 15.3 Å². The fraction of sp³-hybridized carbons (Fsp3) is 0.227. The number of amides is 1. The van der Waals surface area contributed by atoms with Crippen molar-refractivity contribution in [2.75, 3.05) is 12.5 Å². The van der Waals surface area contributed by atoms with E-state index >= 15 is 0 Å². The van der Waals surface area contributed by atoms with Crippen molar-refractivity contribution in [1.29, 1.82) is 0 Å². The van der Waals surface area contributed by atoms with Gasteiger partial charge in [0.15, 0.2) is 16.7 Å². The molecule has 0 spiro atoms. The number of ether oxygens (including phenoxy) is 2. The third-order valence-corrected chi connectivity index (χ3v) is 5.56. The van der Waals surface area contributed by atoms with Crippen LogP contribution in [0, 0.1) is 6.92 Å². The highest BCUT2D eigenvalue weighted by Crippen LogP contribution is 2.32. The van der Waals surface area contributed by atoms with Crippen LogP contribution in [-0.4, -0.2) is 28.4 Å². The molecule has 30 heavy (non-hydrogen) atoms. The number of aromatic amines is 1. The molecule has 1 amide bonds. The molecule has 0 bridgehead atoms. The largest absolute Gasteiger partial charge is 0.454 e. The number of nitrogens with zero attached hydrogens (tertiary/aromatic N) is 1. The maximum absolute atomic E-state index is 12.5. The highest BCUT2D eigenvalue weighted by molar-refractivity contribution is 7.99. The number of hydrogen-bond donors (Lipinski definition) is 2. The average molecular weight is 423 g/mol. The second kappa shape index (κ2) is 9.04. The molecule has 4 rings (SSSR count). The zero-order valence-electron chi connectivity index (χ0n) is 16.4. The summed E-state index contributed by atoms with van der Waals surface area (Å²) in [5, 5.41) is 3.30. The molecule has 0 saturated carbocycles. The Bertz CT molecular complexity index is 1120. The van der Waals surface area contributed by atoms with Gasteiger partial charge in [0.05, 0.1) is 5.75 Å². The molecule has 1 aliphatic rings. The van der Waals surface area contributed by atoms with Crippen molar-refractivity contribution in [2.24, 2.45) is 0 Å². The van der Waals surface area contributed by atoms with Gasteiger partial charge in [0.1, 0.15) is 0 Å². The number of nitrogens with one attached hydrogen (secondary N) is 2. The van der Waals surface area contributed by atoms with Gasteiger partial charge in [0, 0.05) is 24.2 Å². The van der Waals surface area contributed by atoms with Gasteiger partial charge in [-0.3, -0.25) is 9.59 Å². The number of carbonyl (C=O) groups is 1. The molecule has 2 aromatic carbocycles. The zero-order chi connectivity index (χ0) is 20.9. The number of H-pyrrole nitrogens is 1. The van der Waals surface area contributed by atoms with E-state index in [4.69, 9.17) is 9.47 Å². The molecular weight excluding hydrogens is 402 g/mol. The smallest absolute Gasteiger partial charge is 0.255 e. The summed E-state index contributed by atoms with van der Waals surface area (Å²) in [7, 11) is 0. The van der Waals surface area contributed by atoms with E-state index in [1.807, 2.05) is 55.5 Å². The molecule has 8 heteroatoms. The number of thioether (sulfide) groups is 1. The predicted molar refractivity (Wildman–Crippen MR) is 114 cm³/mol. The first kappa shape index (κ1) is 20.0. The molecular formula is C22H21N3O4S. The second-order valence-electron chi connectivity index (χ2n) is 6.85. The van der Waals surface area contributed by atoms with Crippen molar-refractivity contribution >= 4 is 17.7 Å². The molecule has 3 aromatic rings. The van der Waals surface area contributed by atoms with Crippen LogP contribution < -0.4 is 20.3 Å².